The predicted octanol–water partition coefficient (Wildman–Crippen LogP) is 2.66. The Morgan fingerprint density at radius 1 is 1.26 bits per heavy atom. The van der Waals surface area contributed by atoms with E-state index in [-0.39, 0.29) is 5.91 Å². The van der Waals surface area contributed by atoms with E-state index in [1.807, 2.05) is 30.3 Å². The summed E-state index contributed by atoms with van der Waals surface area (Å²) in [5, 5.41) is 2.65. The Morgan fingerprint density at radius 3 is 2.52 bits per heavy atom. The van der Waals surface area contributed by atoms with Crippen molar-refractivity contribution in [3.05, 3.63) is 54.6 Å². The molecule has 2 rings (SSSR count). The molecule has 1 heterocycles. The highest BCUT2D eigenvalue weighted by atomic mass is 16.6. The third-order valence-electron chi connectivity index (χ3n) is 3.03. The first-order valence-corrected chi connectivity index (χ1v) is 7.41. The van der Waals surface area contributed by atoms with Crippen LogP contribution in [0.2, 0.25) is 0 Å². The van der Waals surface area contributed by atoms with Gasteiger partial charge in [0.2, 0.25) is 0 Å². The lowest BCUT2D eigenvalue weighted by atomic mass is 10.1. The molecular weight excluding hydrogens is 294 g/mol. The molecule has 0 fully saturated rings. The lowest BCUT2D eigenvalue weighted by molar-refractivity contribution is 0.0482. The molecule has 2 aromatic rings. The summed E-state index contributed by atoms with van der Waals surface area (Å²) in [4.78, 5) is 28.5. The molecule has 122 valence electrons. The Morgan fingerprint density at radius 2 is 1.96 bits per heavy atom. The molecule has 1 N–H and O–H groups in total. The zero-order valence-electron chi connectivity index (χ0n) is 13.5. The Labute approximate surface area is 135 Å². The minimum absolute atomic E-state index is 0.266. The third kappa shape index (κ3) is 5.25. The van der Waals surface area contributed by atoms with Crippen molar-refractivity contribution >= 4 is 12.0 Å². The molecule has 23 heavy (non-hydrogen) atoms. The van der Waals surface area contributed by atoms with Gasteiger partial charge in [-0.25, -0.2) is 9.78 Å². The number of hydrogen-bond acceptors (Lipinski definition) is 4. The van der Waals surface area contributed by atoms with Crippen LogP contribution in [0.1, 0.15) is 31.1 Å². The van der Waals surface area contributed by atoms with E-state index >= 15 is 0 Å². The smallest absolute Gasteiger partial charge is 0.408 e. The van der Waals surface area contributed by atoms with Gasteiger partial charge in [0.1, 0.15) is 18.0 Å². The van der Waals surface area contributed by atoms with Crippen molar-refractivity contribution < 1.29 is 14.3 Å². The Hall–Kier alpha value is -2.63. The number of nitrogens with one attached hydrogen (secondary N) is 1. The Bertz CT molecular complexity index is 645. The van der Waals surface area contributed by atoms with Crippen LogP contribution in [0.4, 0.5) is 4.79 Å². The number of imidazole rings is 1. The number of alkyl carbamates (subject to hydrolysis) is 1. The fourth-order valence-electron chi connectivity index (χ4n) is 2.07. The third-order valence-corrected chi connectivity index (χ3v) is 3.03. The first-order valence-electron chi connectivity index (χ1n) is 7.41. The molecule has 0 radical (unpaired) electrons. The first kappa shape index (κ1) is 16.7. The van der Waals surface area contributed by atoms with E-state index in [2.05, 4.69) is 10.3 Å². The van der Waals surface area contributed by atoms with Crippen molar-refractivity contribution in [1.82, 2.24) is 14.9 Å². The first-order chi connectivity index (χ1) is 10.8. The van der Waals surface area contributed by atoms with Crippen LogP contribution in [-0.2, 0) is 11.2 Å². The van der Waals surface area contributed by atoms with Gasteiger partial charge in [-0.15, -0.1) is 0 Å². The van der Waals surface area contributed by atoms with E-state index in [1.165, 1.54) is 17.1 Å². The predicted molar refractivity (Wildman–Crippen MR) is 86.2 cm³/mol. The van der Waals surface area contributed by atoms with Crippen LogP contribution in [0.3, 0.4) is 0 Å². The van der Waals surface area contributed by atoms with Gasteiger partial charge in [0.25, 0.3) is 5.91 Å². The molecule has 0 spiro atoms. The van der Waals surface area contributed by atoms with Gasteiger partial charge in [-0.05, 0) is 26.3 Å². The van der Waals surface area contributed by atoms with Gasteiger partial charge in [0.15, 0.2) is 0 Å². The molecule has 0 unspecified atom stereocenters. The van der Waals surface area contributed by atoms with E-state index in [4.69, 9.17) is 4.74 Å². The van der Waals surface area contributed by atoms with Gasteiger partial charge in [-0.3, -0.25) is 9.36 Å². The number of benzene rings is 1. The van der Waals surface area contributed by atoms with Gasteiger partial charge >= 0.3 is 6.09 Å². The molecule has 0 saturated carbocycles. The van der Waals surface area contributed by atoms with Crippen molar-refractivity contribution in [2.24, 2.45) is 0 Å². The zero-order valence-corrected chi connectivity index (χ0v) is 13.5. The fourth-order valence-corrected chi connectivity index (χ4v) is 2.07. The number of rotatable bonds is 4. The molecule has 1 aromatic carbocycles. The second-order valence-electron chi connectivity index (χ2n) is 6.20. The maximum Gasteiger partial charge on any atom is 0.408 e. The highest BCUT2D eigenvalue weighted by Gasteiger charge is 2.25. The maximum atomic E-state index is 12.6. The molecular formula is C17H21N3O3. The monoisotopic (exact) mass is 315 g/mol. The SMILES string of the molecule is CC(C)(C)OC(=O)N[C@H](Cc1ccccc1)C(=O)n1ccnc1. The van der Waals surface area contributed by atoms with E-state index in [1.54, 1.807) is 27.0 Å². The average Bonchev–Trinajstić information content (AvgIpc) is 2.99. The van der Waals surface area contributed by atoms with Crippen LogP contribution >= 0.6 is 0 Å². The number of carbonyl (C=O) groups is 2. The summed E-state index contributed by atoms with van der Waals surface area (Å²) in [6, 6.07) is 8.76. The summed E-state index contributed by atoms with van der Waals surface area (Å²) in [7, 11) is 0. The minimum atomic E-state index is -0.735. The van der Waals surface area contributed by atoms with Gasteiger partial charge in [0.05, 0.1) is 0 Å². The molecule has 0 aliphatic carbocycles. The standard InChI is InChI=1S/C17H21N3O3/c1-17(2,3)23-16(22)19-14(11-13-7-5-4-6-8-13)15(21)20-10-9-18-12-20/h4-10,12,14H,11H2,1-3H3,(H,19,22)/t14-/m1/s1. The molecule has 1 aromatic heterocycles. The second kappa shape index (κ2) is 7.09. The van der Waals surface area contributed by atoms with Crippen molar-refractivity contribution in [3.8, 4) is 0 Å². The highest BCUT2D eigenvalue weighted by molar-refractivity contribution is 5.87. The number of nitrogens with zero attached hydrogens (tertiary/aromatic N) is 2. The molecule has 0 aliphatic rings. The molecule has 0 aliphatic heterocycles. The number of hydrogen-bond donors (Lipinski definition) is 1. The summed E-state index contributed by atoms with van der Waals surface area (Å²) < 4.78 is 6.60. The minimum Gasteiger partial charge on any atom is -0.444 e. The molecule has 6 nitrogen and oxygen atoms in total. The second-order valence-corrected chi connectivity index (χ2v) is 6.20. The Kier molecular flexibility index (Phi) is 5.16. The fraction of sp³-hybridized carbons (Fsp3) is 0.353. The van der Waals surface area contributed by atoms with Gasteiger partial charge < -0.3 is 10.1 Å². The summed E-state index contributed by atoms with van der Waals surface area (Å²) in [6.07, 6.45) is 4.24. The normalized spacial score (nSPS) is 12.5. The average molecular weight is 315 g/mol. The summed E-state index contributed by atoms with van der Waals surface area (Å²) >= 11 is 0. The van der Waals surface area contributed by atoms with Crippen LogP contribution in [0, 0.1) is 0 Å². The number of amides is 1. The largest absolute Gasteiger partial charge is 0.444 e. The van der Waals surface area contributed by atoms with Crippen molar-refractivity contribution in [2.45, 2.75) is 38.8 Å². The lowest BCUT2D eigenvalue weighted by Gasteiger charge is -2.23. The van der Waals surface area contributed by atoms with E-state index in [0.29, 0.717) is 6.42 Å². The van der Waals surface area contributed by atoms with Gasteiger partial charge in [-0.1, -0.05) is 30.3 Å². The molecule has 1 atom stereocenters. The zero-order chi connectivity index (χ0) is 16.9. The molecule has 6 heteroatoms. The van der Waals surface area contributed by atoms with Crippen LogP contribution < -0.4 is 5.32 Å². The van der Waals surface area contributed by atoms with E-state index in [9.17, 15) is 9.59 Å². The number of aromatic nitrogens is 2. The van der Waals surface area contributed by atoms with Crippen LogP contribution in [0.25, 0.3) is 0 Å². The van der Waals surface area contributed by atoms with E-state index in [0.717, 1.165) is 5.56 Å². The number of ether oxygens (including phenoxy) is 1. The van der Waals surface area contributed by atoms with Crippen LogP contribution in [-0.4, -0.2) is 33.2 Å². The summed E-state index contributed by atoms with van der Waals surface area (Å²) in [6.45, 7) is 5.32. The Balaban J connectivity index is 2.14. The topological polar surface area (TPSA) is 73.2 Å². The summed E-state index contributed by atoms with van der Waals surface area (Å²) in [5.74, 6) is -0.266. The van der Waals surface area contributed by atoms with Crippen molar-refractivity contribution in [1.29, 1.82) is 0 Å². The lowest BCUT2D eigenvalue weighted by Crippen LogP contribution is -2.46. The van der Waals surface area contributed by atoms with Gasteiger partial charge in [-0.2, -0.15) is 0 Å². The molecule has 0 saturated heterocycles. The quantitative estimate of drug-likeness (QED) is 0.941. The van der Waals surface area contributed by atoms with Crippen LogP contribution in [0.5, 0.6) is 0 Å². The maximum absolute atomic E-state index is 12.6. The van der Waals surface area contributed by atoms with Gasteiger partial charge in [0, 0.05) is 18.8 Å². The molecule has 1 amide bonds. The summed E-state index contributed by atoms with van der Waals surface area (Å²) in [5.41, 5.74) is 0.321. The van der Waals surface area contributed by atoms with Crippen LogP contribution in [0.15, 0.2) is 49.1 Å². The number of carbonyl (C=O) groups excluding carboxylic acids is 2. The van der Waals surface area contributed by atoms with Crippen molar-refractivity contribution in [3.63, 3.8) is 0 Å². The van der Waals surface area contributed by atoms with E-state index < -0.39 is 17.7 Å². The highest BCUT2D eigenvalue weighted by Crippen LogP contribution is 2.09. The molecule has 0 bridgehead atoms. The van der Waals surface area contributed by atoms with Crippen molar-refractivity contribution in [2.75, 3.05) is 0 Å².